The largest absolute Gasteiger partial charge is 0.469 e. The molecule has 0 saturated carbocycles. The first kappa shape index (κ1) is 29.3. The second-order valence-electron chi connectivity index (χ2n) is 11.4. The molecule has 0 atom stereocenters. The van der Waals surface area contributed by atoms with Crippen LogP contribution < -0.4 is 0 Å². The molecule has 2 N–H and O–H groups in total. The average Bonchev–Trinajstić information content (AvgIpc) is 3.63. The van der Waals surface area contributed by atoms with Gasteiger partial charge in [0, 0.05) is 34.1 Å². The lowest BCUT2D eigenvalue weighted by Crippen LogP contribution is -2.02. The molecule has 0 aromatic carbocycles. The van der Waals surface area contributed by atoms with E-state index in [-0.39, 0.29) is 5.97 Å². The molecule has 0 radical (unpaired) electrons. The van der Waals surface area contributed by atoms with E-state index in [1.165, 1.54) is 29.4 Å². The van der Waals surface area contributed by atoms with Gasteiger partial charge >= 0.3 is 5.97 Å². The molecule has 6 heteroatoms. The third kappa shape index (κ3) is 5.26. The number of aryl methyl sites for hydroxylation is 3. The van der Waals surface area contributed by atoms with Crippen molar-refractivity contribution in [2.24, 2.45) is 0 Å². The molecule has 6 nitrogen and oxygen atoms in total. The number of aromatic amines is 2. The van der Waals surface area contributed by atoms with E-state index in [2.05, 4.69) is 82.4 Å². The number of carbonyl (C=O) groups excluding carboxylic acids is 1. The second-order valence-corrected chi connectivity index (χ2v) is 11.4. The van der Waals surface area contributed by atoms with Crippen molar-refractivity contribution in [3.05, 3.63) is 75.9 Å². The van der Waals surface area contributed by atoms with Gasteiger partial charge in [-0.3, -0.25) is 4.79 Å². The molecule has 0 amide bonds. The number of aromatic nitrogens is 4. The summed E-state index contributed by atoms with van der Waals surface area (Å²) in [6.45, 7) is 17.1. The summed E-state index contributed by atoms with van der Waals surface area (Å²) in [5, 5.41) is 0. The highest BCUT2D eigenvalue weighted by Crippen LogP contribution is 2.38. The Bertz CT molecular complexity index is 1810. The van der Waals surface area contributed by atoms with Gasteiger partial charge in [0.1, 0.15) is 0 Å². The van der Waals surface area contributed by atoms with Gasteiger partial charge in [0.25, 0.3) is 0 Å². The Hall–Kier alpha value is -4.19. The summed E-state index contributed by atoms with van der Waals surface area (Å²) in [6.07, 6.45) is 6.80. The molecule has 0 fully saturated rings. The van der Waals surface area contributed by atoms with Crippen molar-refractivity contribution in [1.82, 2.24) is 19.9 Å². The lowest BCUT2D eigenvalue weighted by molar-refractivity contribution is -0.140. The van der Waals surface area contributed by atoms with E-state index in [1.807, 2.05) is 6.08 Å². The van der Waals surface area contributed by atoms with Crippen molar-refractivity contribution in [2.45, 2.75) is 80.1 Å². The second kappa shape index (κ2) is 12.0. The van der Waals surface area contributed by atoms with E-state index in [9.17, 15) is 4.79 Å². The van der Waals surface area contributed by atoms with E-state index in [1.54, 1.807) is 0 Å². The highest BCUT2D eigenvalue weighted by atomic mass is 16.5. The van der Waals surface area contributed by atoms with Gasteiger partial charge in [-0.25, -0.2) is 9.97 Å². The number of hydrogen-bond donors (Lipinski definition) is 2. The molecule has 8 bridgehead atoms. The molecule has 5 heterocycles. The minimum atomic E-state index is -0.219. The molecule has 42 heavy (non-hydrogen) atoms. The van der Waals surface area contributed by atoms with E-state index < -0.39 is 0 Å². The highest BCUT2D eigenvalue weighted by Gasteiger charge is 2.21. The normalized spacial score (nSPS) is 13.2. The van der Waals surface area contributed by atoms with Gasteiger partial charge in [-0.15, -0.1) is 0 Å². The van der Waals surface area contributed by atoms with Gasteiger partial charge in [-0.1, -0.05) is 39.3 Å². The summed E-state index contributed by atoms with van der Waals surface area (Å²) in [6, 6.07) is 8.65. The topological polar surface area (TPSA) is 83.7 Å². The molecule has 0 spiro atoms. The standard InChI is InChI=1S/C36H42N4O2/c1-9-12-25-21(5)29-16-28-20(4)24(11-3)32(37-28)17-30-23(7)27(14-15-36(41)42-8)33(39-30)18-31-22(6)26(13-10-2)35(40-31)19-34(25)38-29/h11,16-19,37,39H,3,9-10,12-15H2,1-2,4-8H3. The Kier molecular flexibility index (Phi) is 8.35. The summed E-state index contributed by atoms with van der Waals surface area (Å²) < 4.78 is 4.97. The van der Waals surface area contributed by atoms with Crippen LogP contribution in [0.3, 0.4) is 0 Å². The fraction of sp³-hybridized carbons (Fsp3) is 0.361. The average molecular weight is 563 g/mol. The van der Waals surface area contributed by atoms with E-state index in [4.69, 9.17) is 14.7 Å². The first-order valence-electron chi connectivity index (χ1n) is 15.0. The third-order valence-corrected chi connectivity index (χ3v) is 8.73. The zero-order valence-electron chi connectivity index (χ0n) is 26.0. The molecule has 0 unspecified atom stereocenters. The fourth-order valence-corrected chi connectivity index (χ4v) is 6.23. The van der Waals surface area contributed by atoms with Gasteiger partial charge in [0.2, 0.25) is 0 Å². The van der Waals surface area contributed by atoms with Crippen LogP contribution in [0, 0.1) is 13.8 Å². The van der Waals surface area contributed by atoms with Crippen LogP contribution in [0.4, 0.5) is 0 Å². The number of fused-ring (bicyclic) bond motifs is 8. The van der Waals surface area contributed by atoms with Gasteiger partial charge in [-0.2, -0.15) is 0 Å². The Morgan fingerprint density at radius 3 is 1.86 bits per heavy atom. The summed E-state index contributed by atoms with van der Waals surface area (Å²) in [5.41, 5.74) is 17.3. The first-order valence-corrected chi connectivity index (χ1v) is 15.0. The van der Waals surface area contributed by atoms with Crippen LogP contribution in [0.5, 0.6) is 0 Å². The van der Waals surface area contributed by atoms with Crippen molar-refractivity contribution in [3.8, 4) is 0 Å². The molecule has 0 saturated heterocycles. The van der Waals surface area contributed by atoms with Crippen molar-refractivity contribution in [2.75, 3.05) is 7.11 Å². The molecular weight excluding hydrogens is 520 g/mol. The number of H-pyrrole nitrogens is 2. The Labute approximate surface area is 248 Å². The van der Waals surface area contributed by atoms with Crippen LogP contribution in [-0.4, -0.2) is 33.0 Å². The lowest BCUT2D eigenvalue weighted by Gasteiger charge is -2.04. The third-order valence-electron chi connectivity index (χ3n) is 8.73. The zero-order valence-corrected chi connectivity index (χ0v) is 26.0. The molecule has 3 aromatic heterocycles. The Morgan fingerprint density at radius 1 is 0.762 bits per heavy atom. The van der Waals surface area contributed by atoms with Gasteiger partial charge < -0.3 is 14.7 Å². The number of nitrogens with one attached hydrogen (secondary N) is 2. The molecule has 0 aliphatic carbocycles. The minimum Gasteiger partial charge on any atom is -0.469 e. The van der Waals surface area contributed by atoms with Crippen molar-refractivity contribution in [1.29, 1.82) is 0 Å². The minimum absolute atomic E-state index is 0.219. The number of esters is 1. The summed E-state index contributed by atoms with van der Waals surface area (Å²) in [7, 11) is 1.44. The highest BCUT2D eigenvalue weighted by molar-refractivity contribution is 5.96. The molecule has 218 valence electrons. The maximum atomic E-state index is 12.1. The van der Waals surface area contributed by atoms with Crippen LogP contribution >= 0.6 is 0 Å². The molecule has 5 rings (SSSR count). The summed E-state index contributed by atoms with van der Waals surface area (Å²) >= 11 is 0. The number of carbonyl (C=O) groups is 1. The number of rotatable bonds is 8. The monoisotopic (exact) mass is 562 g/mol. The predicted molar refractivity (Wildman–Crippen MR) is 176 cm³/mol. The number of allylic oxidation sites excluding steroid dienone is 4. The predicted octanol–water partition coefficient (Wildman–Crippen LogP) is 9.14. The van der Waals surface area contributed by atoms with Gasteiger partial charge in [0.05, 0.1) is 29.9 Å². The molecule has 3 aromatic rings. The quantitative estimate of drug-likeness (QED) is 0.268. The smallest absolute Gasteiger partial charge is 0.305 e. The lowest BCUT2D eigenvalue weighted by atomic mass is 9.98. The van der Waals surface area contributed by atoms with Crippen molar-refractivity contribution >= 4 is 56.4 Å². The summed E-state index contributed by atoms with van der Waals surface area (Å²) in [5.74, 6) is -0.219. The van der Waals surface area contributed by atoms with Crippen LogP contribution in [0.1, 0.15) is 105 Å². The fourth-order valence-electron chi connectivity index (χ4n) is 6.23. The Morgan fingerprint density at radius 2 is 1.31 bits per heavy atom. The van der Waals surface area contributed by atoms with Crippen LogP contribution in [-0.2, 0) is 16.0 Å². The van der Waals surface area contributed by atoms with Crippen LogP contribution in [0.25, 0.3) is 50.4 Å². The van der Waals surface area contributed by atoms with E-state index in [0.717, 1.165) is 92.8 Å². The summed E-state index contributed by atoms with van der Waals surface area (Å²) in [4.78, 5) is 29.8. The SMILES string of the molecule is C=Cc1c(C)c2cc3nc(cc4nc(cc5[nH]c(cc1[nH]2)c(C)c5CCC(=O)OC)C(C)=C4CCC)C(CCC)=C3C. The van der Waals surface area contributed by atoms with Crippen LogP contribution in [0.15, 0.2) is 30.8 Å². The van der Waals surface area contributed by atoms with Crippen molar-refractivity contribution in [3.63, 3.8) is 0 Å². The number of hydrogen-bond acceptors (Lipinski definition) is 4. The van der Waals surface area contributed by atoms with E-state index >= 15 is 0 Å². The van der Waals surface area contributed by atoms with Crippen molar-refractivity contribution < 1.29 is 9.53 Å². The molecular formula is C36H42N4O2. The zero-order chi connectivity index (χ0) is 30.1. The number of methoxy groups -OCH3 is 1. The Balaban J connectivity index is 1.93. The maximum absolute atomic E-state index is 12.1. The van der Waals surface area contributed by atoms with E-state index in [0.29, 0.717) is 12.8 Å². The first-order chi connectivity index (χ1) is 20.2. The van der Waals surface area contributed by atoms with Gasteiger partial charge in [-0.05, 0) is 110 Å². The van der Waals surface area contributed by atoms with Crippen LogP contribution in [0.2, 0.25) is 0 Å². The molecule has 2 aliphatic heterocycles. The number of ether oxygens (including phenoxy) is 1. The van der Waals surface area contributed by atoms with Gasteiger partial charge in [0.15, 0.2) is 0 Å². The number of nitrogens with zero attached hydrogens (tertiary/aromatic N) is 2. The molecule has 2 aliphatic rings. The maximum Gasteiger partial charge on any atom is 0.305 e.